The molecule has 1 aliphatic carbocycles. The zero-order valence-corrected chi connectivity index (χ0v) is 9.54. The Morgan fingerprint density at radius 3 is 2.81 bits per heavy atom. The molecule has 0 spiro atoms. The molecule has 3 rings (SSSR count). The monoisotopic (exact) mass is 233 g/mol. The average Bonchev–Trinajstić information content (AvgIpc) is 2.97. The summed E-state index contributed by atoms with van der Waals surface area (Å²) in [6.07, 6.45) is 2.36. The Kier molecular flexibility index (Phi) is 2.16. The SMILES string of the molecule is OC1(Cc2cc3ccccc3nc2Cl)CC1. The van der Waals surface area contributed by atoms with Gasteiger partial charge in [-0.15, -0.1) is 0 Å². The summed E-state index contributed by atoms with van der Waals surface area (Å²) in [5.74, 6) is 0. The van der Waals surface area contributed by atoms with Crippen LogP contribution in [0, 0.1) is 0 Å². The summed E-state index contributed by atoms with van der Waals surface area (Å²) < 4.78 is 0. The highest BCUT2D eigenvalue weighted by atomic mass is 35.5. The maximum absolute atomic E-state index is 9.89. The normalized spacial score (nSPS) is 17.6. The number of hydrogen-bond acceptors (Lipinski definition) is 2. The maximum atomic E-state index is 9.89. The summed E-state index contributed by atoms with van der Waals surface area (Å²) in [7, 11) is 0. The molecule has 0 unspecified atom stereocenters. The van der Waals surface area contributed by atoms with E-state index in [0.29, 0.717) is 11.6 Å². The van der Waals surface area contributed by atoms with Crippen molar-refractivity contribution in [3.05, 3.63) is 41.0 Å². The fraction of sp³-hybridized carbons (Fsp3) is 0.308. The average molecular weight is 234 g/mol. The van der Waals surface area contributed by atoms with Crippen LogP contribution < -0.4 is 0 Å². The molecule has 1 N–H and O–H groups in total. The van der Waals surface area contributed by atoms with Crippen LogP contribution in [0.5, 0.6) is 0 Å². The zero-order chi connectivity index (χ0) is 11.2. The number of benzene rings is 1. The van der Waals surface area contributed by atoms with Gasteiger partial charge < -0.3 is 5.11 Å². The Labute approximate surface area is 98.9 Å². The van der Waals surface area contributed by atoms with Crippen molar-refractivity contribution in [3.63, 3.8) is 0 Å². The van der Waals surface area contributed by atoms with Gasteiger partial charge in [0, 0.05) is 11.8 Å². The minimum atomic E-state index is -0.520. The number of hydrogen-bond donors (Lipinski definition) is 1. The smallest absolute Gasteiger partial charge is 0.133 e. The number of pyridine rings is 1. The van der Waals surface area contributed by atoms with E-state index in [9.17, 15) is 5.11 Å². The lowest BCUT2D eigenvalue weighted by Gasteiger charge is -2.09. The lowest BCUT2D eigenvalue weighted by molar-refractivity contribution is 0.151. The van der Waals surface area contributed by atoms with Crippen molar-refractivity contribution in [3.8, 4) is 0 Å². The molecule has 2 nitrogen and oxygen atoms in total. The summed E-state index contributed by atoms with van der Waals surface area (Å²) in [5, 5.41) is 11.5. The van der Waals surface area contributed by atoms with Crippen molar-refractivity contribution >= 4 is 22.5 Å². The first-order chi connectivity index (χ1) is 7.66. The lowest BCUT2D eigenvalue weighted by atomic mass is 10.1. The number of halogens is 1. The van der Waals surface area contributed by atoms with E-state index < -0.39 is 5.60 Å². The van der Waals surface area contributed by atoms with E-state index in [0.717, 1.165) is 29.3 Å². The first-order valence-electron chi connectivity index (χ1n) is 5.43. The zero-order valence-electron chi connectivity index (χ0n) is 8.78. The third kappa shape index (κ3) is 1.79. The standard InChI is InChI=1S/C13H12ClNO/c14-12-10(8-13(16)5-6-13)7-9-3-1-2-4-11(9)15-12/h1-4,7,16H,5-6,8H2. The Hall–Kier alpha value is -1.12. The number of fused-ring (bicyclic) bond motifs is 1. The molecule has 1 aromatic heterocycles. The van der Waals surface area contributed by atoms with Gasteiger partial charge in [0.15, 0.2) is 0 Å². The van der Waals surface area contributed by atoms with Gasteiger partial charge in [0.05, 0.1) is 11.1 Å². The van der Waals surface area contributed by atoms with Gasteiger partial charge in [0.2, 0.25) is 0 Å². The molecule has 16 heavy (non-hydrogen) atoms. The Bertz CT molecular complexity index is 549. The van der Waals surface area contributed by atoms with Crippen LogP contribution >= 0.6 is 11.6 Å². The maximum Gasteiger partial charge on any atom is 0.133 e. The van der Waals surface area contributed by atoms with Gasteiger partial charge in [-0.3, -0.25) is 0 Å². The molecule has 0 aliphatic heterocycles. The molecule has 3 heteroatoms. The fourth-order valence-corrected chi connectivity index (χ4v) is 2.15. The number of aliphatic hydroxyl groups is 1. The third-order valence-electron chi connectivity index (χ3n) is 3.10. The van der Waals surface area contributed by atoms with Crippen LogP contribution in [0.1, 0.15) is 18.4 Å². The summed E-state index contributed by atoms with van der Waals surface area (Å²) >= 11 is 6.11. The molecule has 1 fully saturated rings. The lowest BCUT2D eigenvalue weighted by Crippen LogP contribution is -2.11. The summed E-state index contributed by atoms with van der Waals surface area (Å²) in [4.78, 5) is 4.34. The van der Waals surface area contributed by atoms with Crippen molar-refractivity contribution in [2.45, 2.75) is 24.9 Å². The van der Waals surface area contributed by atoms with E-state index in [1.165, 1.54) is 0 Å². The highest BCUT2D eigenvalue weighted by molar-refractivity contribution is 6.30. The van der Waals surface area contributed by atoms with Gasteiger partial charge in [0.25, 0.3) is 0 Å². The summed E-state index contributed by atoms with van der Waals surface area (Å²) in [6, 6.07) is 9.91. The molecule has 0 bridgehead atoms. The third-order valence-corrected chi connectivity index (χ3v) is 3.42. The van der Waals surface area contributed by atoms with Crippen LogP contribution in [0.15, 0.2) is 30.3 Å². The van der Waals surface area contributed by atoms with E-state index >= 15 is 0 Å². The first-order valence-corrected chi connectivity index (χ1v) is 5.81. The van der Waals surface area contributed by atoms with Crippen LogP contribution in [0.2, 0.25) is 5.15 Å². The van der Waals surface area contributed by atoms with Gasteiger partial charge >= 0.3 is 0 Å². The Balaban J connectivity index is 2.07. The minimum absolute atomic E-state index is 0.513. The van der Waals surface area contributed by atoms with Crippen LogP contribution in [-0.2, 0) is 6.42 Å². The van der Waals surface area contributed by atoms with Gasteiger partial charge in [-0.25, -0.2) is 4.98 Å². The molecule has 82 valence electrons. The number of para-hydroxylation sites is 1. The summed E-state index contributed by atoms with van der Waals surface area (Å²) in [5.41, 5.74) is 1.33. The van der Waals surface area contributed by atoms with Crippen LogP contribution in [0.3, 0.4) is 0 Å². The molecule has 0 saturated heterocycles. The fourth-order valence-electron chi connectivity index (χ4n) is 1.94. The first kappa shape index (κ1) is 10.1. The highest BCUT2D eigenvalue weighted by Crippen LogP contribution is 2.39. The topological polar surface area (TPSA) is 33.1 Å². The van der Waals surface area contributed by atoms with Crippen molar-refractivity contribution in [2.75, 3.05) is 0 Å². The van der Waals surface area contributed by atoms with Crippen LogP contribution in [0.4, 0.5) is 0 Å². The second kappa shape index (κ2) is 3.44. The molecule has 1 aromatic carbocycles. The molecule has 2 aromatic rings. The van der Waals surface area contributed by atoms with E-state index in [1.54, 1.807) is 0 Å². The Morgan fingerprint density at radius 1 is 1.31 bits per heavy atom. The predicted molar refractivity (Wildman–Crippen MR) is 64.6 cm³/mol. The predicted octanol–water partition coefficient (Wildman–Crippen LogP) is 2.96. The van der Waals surface area contributed by atoms with E-state index in [-0.39, 0.29) is 0 Å². The molecule has 0 amide bonds. The molecular formula is C13H12ClNO. The van der Waals surface area contributed by atoms with Gasteiger partial charge in [-0.05, 0) is 30.5 Å². The van der Waals surface area contributed by atoms with E-state index in [2.05, 4.69) is 4.98 Å². The Morgan fingerprint density at radius 2 is 2.06 bits per heavy atom. The molecule has 0 radical (unpaired) electrons. The van der Waals surface area contributed by atoms with E-state index in [4.69, 9.17) is 11.6 Å². The van der Waals surface area contributed by atoms with Crippen LogP contribution in [-0.4, -0.2) is 15.7 Å². The second-order valence-corrected chi connectivity index (χ2v) is 4.89. The molecule has 0 atom stereocenters. The molecule has 1 saturated carbocycles. The van der Waals surface area contributed by atoms with Gasteiger partial charge in [-0.2, -0.15) is 0 Å². The van der Waals surface area contributed by atoms with E-state index in [1.807, 2.05) is 30.3 Å². The van der Waals surface area contributed by atoms with Gasteiger partial charge in [0.1, 0.15) is 5.15 Å². The minimum Gasteiger partial charge on any atom is -0.390 e. The van der Waals surface area contributed by atoms with Crippen molar-refractivity contribution in [1.82, 2.24) is 4.98 Å². The second-order valence-electron chi connectivity index (χ2n) is 4.53. The van der Waals surface area contributed by atoms with Gasteiger partial charge in [-0.1, -0.05) is 29.8 Å². The number of aromatic nitrogens is 1. The number of rotatable bonds is 2. The quantitative estimate of drug-likeness (QED) is 0.809. The largest absolute Gasteiger partial charge is 0.390 e. The highest BCUT2D eigenvalue weighted by Gasteiger charge is 2.40. The number of nitrogens with zero attached hydrogens (tertiary/aromatic N) is 1. The van der Waals surface area contributed by atoms with Crippen molar-refractivity contribution < 1.29 is 5.11 Å². The van der Waals surface area contributed by atoms with Crippen molar-refractivity contribution in [2.24, 2.45) is 0 Å². The molecule has 1 aliphatic rings. The molecule has 1 heterocycles. The summed E-state index contributed by atoms with van der Waals surface area (Å²) in [6.45, 7) is 0. The van der Waals surface area contributed by atoms with Crippen LogP contribution in [0.25, 0.3) is 10.9 Å². The molecular weight excluding hydrogens is 222 g/mol. The van der Waals surface area contributed by atoms with Crippen molar-refractivity contribution in [1.29, 1.82) is 0 Å².